The number of para-hydroxylation sites is 1. The summed E-state index contributed by atoms with van der Waals surface area (Å²) in [4.78, 5) is 26.4. The maximum atomic E-state index is 13.6. The fourth-order valence-corrected chi connectivity index (χ4v) is 4.69. The highest BCUT2D eigenvalue weighted by molar-refractivity contribution is 6.07. The van der Waals surface area contributed by atoms with Gasteiger partial charge in [-0.2, -0.15) is 0 Å². The Morgan fingerprint density at radius 3 is 2.27 bits per heavy atom. The summed E-state index contributed by atoms with van der Waals surface area (Å²) in [7, 11) is 3.38. The van der Waals surface area contributed by atoms with Gasteiger partial charge >= 0.3 is 0 Å². The van der Waals surface area contributed by atoms with Crippen LogP contribution >= 0.6 is 0 Å². The number of hydrogen-bond acceptors (Lipinski definition) is 2. The van der Waals surface area contributed by atoms with E-state index in [0.29, 0.717) is 12.1 Å². The Labute approximate surface area is 217 Å². The van der Waals surface area contributed by atoms with Gasteiger partial charge in [0, 0.05) is 43.8 Å². The molecule has 0 fully saturated rings. The van der Waals surface area contributed by atoms with Crippen molar-refractivity contribution in [3.63, 3.8) is 0 Å². The van der Waals surface area contributed by atoms with Crippen LogP contribution in [-0.2, 0) is 17.9 Å². The molecule has 0 atom stereocenters. The molecule has 1 aromatic heterocycles. The summed E-state index contributed by atoms with van der Waals surface area (Å²) < 4.78 is 2.22. The van der Waals surface area contributed by atoms with Gasteiger partial charge in [0.05, 0.1) is 6.54 Å². The first-order valence-corrected chi connectivity index (χ1v) is 12.3. The molecule has 0 bridgehead atoms. The maximum Gasteiger partial charge on any atom is 0.258 e. The number of hydrogen-bond donors (Lipinski definition) is 0. The van der Waals surface area contributed by atoms with Crippen LogP contribution in [0.4, 0.5) is 5.69 Å². The van der Waals surface area contributed by atoms with E-state index in [1.165, 1.54) is 21.2 Å². The minimum Gasteiger partial charge on any atom is -0.351 e. The highest BCUT2D eigenvalue weighted by atomic mass is 16.2. The maximum absolute atomic E-state index is 13.6. The summed E-state index contributed by atoms with van der Waals surface area (Å²) in [6.45, 7) is 1.34. The number of aromatic nitrogens is 1. The van der Waals surface area contributed by atoms with Crippen LogP contribution in [0.2, 0.25) is 0 Å². The minimum absolute atomic E-state index is 0.0246. The molecule has 0 unspecified atom stereocenters. The second-order valence-electron chi connectivity index (χ2n) is 9.32. The number of rotatable bonds is 3. The Morgan fingerprint density at radius 1 is 0.784 bits per heavy atom. The topological polar surface area (TPSA) is 45.6 Å². The molecule has 5 nitrogen and oxygen atoms in total. The second-order valence-corrected chi connectivity index (χ2v) is 9.32. The Morgan fingerprint density at radius 2 is 1.49 bits per heavy atom. The van der Waals surface area contributed by atoms with Crippen LogP contribution in [0.15, 0.2) is 109 Å². The Kier molecular flexibility index (Phi) is 6.86. The predicted molar refractivity (Wildman–Crippen MR) is 150 cm³/mol. The van der Waals surface area contributed by atoms with Crippen LogP contribution in [0.3, 0.4) is 0 Å². The van der Waals surface area contributed by atoms with Crippen molar-refractivity contribution in [3.05, 3.63) is 126 Å². The average molecular weight is 488 g/mol. The van der Waals surface area contributed by atoms with Crippen molar-refractivity contribution >= 4 is 28.8 Å². The minimum atomic E-state index is 0.0246. The summed E-state index contributed by atoms with van der Waals surface area (Å²) in [5.41, 5.74) is 6.27. The zero-order valence-electron chi connectivity index (χ0n) is 21.0. The first-order valence-electron chi connectivity index (χ1n) is 12.3. The molecule has 2 amide bonds. The quantitative estimate of drug-likeness (QED) is 0.284. The van der Waals surface area contributed by atoms with Gasteiger partial charge in [-0.15, -0.1) is 0 Å². The summed E-state index contributed by atoms with van der Waals surface area (Å²) in [5, 5.41) is 2.44. The van der Waals surface area contributed by atoms with Crippen molar-refractivity contribution in [2.75, 3.05) is 19.0 Å². The molecular weight excluding hydrogens is 458 g/mol. The molecule has 6 rings (SSSR count). The van der Waals surface area contributed by atoms with Gasteiger partial charge in [0.15, 0.2) is 0 Å². The Bertz CT molecular complexity index is 1540. The zero-order chi connectivity index (χ0) is 25.8. The third-order valence-corrected chi connectivity index (χ3v) is 6.56. The van der Waals surface area contributed by atoms with Crippen molar-refractivity contribution in [2.45, 2.75) is 13.1 Å². The molecule has 1 aliphatic heterocycles. The molecule has 1 aliphatic rings. The van der Waals surface area contributed by atoms with Gasteiger partial charge < -0.3 is 14.4 Å². The van der Waals surface area contributed by atoms with Crippen LogP contribution in [0.25, 0.3) is 21.9 Å². The molecule has 2 heterocycles. The zero-order valence-corrected chi connectivity index (χ0v) is 21.0. The number of carbonyl (C=O) groups is 2. The average Bonchev–Trinajstić information content (AvgIpc) is 3.31. The lowest BCUT2D eigenvalue weighted by atomic mass is 9.97. The third kappa shape index (κ3) is 5.02. The van der Waals surface area contributed by atoms with Gasteiger partial charge in [-0.3, -0.25) is 9.59 Å². The highest BCUT2D eigenvalue weighted by Crippen LogP contribution is 2.31. The van der Waals surface area contributed by atoms with Crippen molar-refractivity contribution in [3.8, 4) is 11.1 Å². The summed E-state index contributed by atoms with van der Waals surface area (Å²) in [6.07, 6.45) is 2.83. The van der Waals surface area contributed by atoms with Crippen LogP contribution in [0.1, 0.15) is 21.6 Å². The predicted octanol–water partition coefficient (Wildman–Crippen LogP) is 6.22. The van der Waals surface area contributed by atoms with Gasteiger partial charge in [0.1, 0.15) is 0 Å². The molecule has 184 valence electrons. The fraction of sp³-hybridized carbons (Fsp3) is 0.125. The molecule has 5 heteroatoms. The summed E-state index contributed by atoms with van der Waals surface area (Å²) in [5.74, 6) is 0.0246. The van der Waals surface area contributed by atoms with E-state index in [4.69, 9.17) is 0 Å². The van der Waals surface area contributed by atoms with Crippen LogP contribution in [0, 0.1) is 0 Å². The van der Waals surface area contributed by atoms with Crippen LogP contribution < -0.4 is 4.90 Å². The second kappa shape index (κ2) is 10.5. The van der Waals surface area contributed by atoms with E-state index in [1.54, 1.807) is 14.1 Å². The van der Waals surface area contributed by atoms with Crippen molar-refractivity contribution < 1.29 is 9.59 Å². The van der Waals surface area contributed by atoms with E-state index < -0.39 is 0 Å². The number of amides is 2. The molecule has 4 aromatic carbocycles. The van der Waals surface area contributed by atoms with Crippen LogP contribution in [-0.4, -0.2) is 35.9 Å². The van der Waals surface area contributed by atoms with E-state index in [9.17, 15) is 9.59 Å². The first kappa shape index (κ1) is 24.1. The number of anilines is 1. The number of fused-ring (bicyclic) bond motifs is 3. The van der Waals surface area contributed by atoms with Crippen LogP contribution in [0.5, 0.6) is 0 Å². The van der Waals surface area contributed by atoms with E-state index in [1.807, 2.05) is 41.3 Å². The van der Waals surface area contributed by atoms with Gasteiger partial charge in [0.2, 0.25) is 6.41 Å². The number of benzene rings is 4. The highest BCUT2D eigenvalue weighted by Gasteiger charge is 2.24. The van der Waals surface area contributed by atoms with E-state index in [0.717, 1.165) is 35.5 Å². The van der Waals surface area contributed by atoms with Gasteiger partial charge in [0.25, 0.3) is 5.91 Å². The van der Waals surface area contributed by atoms with Gasteiger partial charge in [-0.25, -0.2) is 0 Å². The van der Waals surface area contributed by atoms with Gasteiger partial charge in [-0.1, -0.05) is 72.8 Å². The molecule has 0 saturated carbocycles. The number of nitrogens with zero attached hydrogens (tertiary/aromatic N) is 3. The fourth-order valence-electron chi connectivity index (χ4n) is 4.69. The number of carbonyl (C=O) groups excluding carboxylic acids is 2. The Balaban J connectivity index is 0.000000514. The summed E-state index contributed by atoms with van der Waals surface area (Å²) in [6, 6.07) is 35.1. The molecule has 0 N–H and O–H groups in total. The summed E-state index contributed by atoms with van der Waals surface area (Å²) >= 11 is 0. The third-order valence-electron chi connectivity index (χ3n) is 6.56. The van der Waals surface area contributed by atoms with Crippen molar-refractivity contribution in [1.82, 2.24) is 9.47 Å². The SMILES string of the molecule is CN(C)C=O.O=C(c1ccc(-c2cccc3ccccc23)cc1)N1Cc2cccn2Cc2ccccc21. The lowest BCUT2D eigenvalue weighted by Gasteiger charge is -2.23. The molecule has 0 radical (unpaired) electrons. The standard InChI is InChI=1S/C29H22N2O.C3H7NO/c32-29(31-20-25-10-6-18-30(25)19-24-8-2-4-13-28(24)31)23-16-14-22(15-17-23)27-12-5-9-21-7-1-3-11-26(21)27;1-4(2)3-5/h1-18H,19-20H2;3H,1-2H3. The Hall–Kier alpha value is -4.64. The monoisotopic (exact) mass is 487 g/mol. The lowest BCUT2D eigenvalue weighted by molar-refractivity contribution is -0.115. The molecular formula is C32H29N3O2. The largest absolute Gasteiger partial charge is 0.351 e. The first-order chi connectivity index (χ1) is 18.0. The van der Waals surface area contributed by atoms with Crippen molar-refractivity contribution in [2.24, 2.45) is 0 Å². The van der Waals surface area contributed by atoms with E-state index in [2.05, 4.69) is 77.5 Å². The molecule has 0 saturated heterocycles. The molecule has 0 aliphatic carbocycles. The lowest BCUT2D eigenvalue weighted by Crippen LogP contribution is -2.30. The smallest absolute Gasteiger partial charge is 0.258 e. The molecule has 0 spiro atoms. The molecule has 37 heavy (non-hydrogen) atoms. The normalized spacial score (nSPS) is 12.0. The van der Waals surface area contributed by atoms with Crippen molar-refractivity contribution in [1.29, 1.82) is 0 Å². The van der Waals surface area contributed by atoms with E-state index in [-0.39, 0.29) is 5.91 Å². The van der Waals surface area contributed by atoms with E-state index >= 15 is 0 Å². The van der Waals surface area contributed by atoms with Gasteiger partial charge in [-0.05, 0) is 57.8 Å². The molecule has 5 aromatic rings.